The summed E-state index contributed by atoms with van der Waals surface area (Å²) in [5.74, 6) is -3.74. The number of nitrogens with one attached hydrogen (secondary N) is 1. The number of nitrogens with zero attached hydrogens (tertiary/aromatic N) is 2. The fraction of sp³-hybridized carbons (Fsp3) is 0.316. The molecule has 0 heterocycles. The van der Waals surface area contributed by atoms with Crippen molar-refractivity contribution in [2.45, 2.75) is 26.2 Å². The third kappa shape index (κ3) is 3.78. The lowest BCUT2D eigenvalue weighted by Gasteiger charge is -2.28. The first-order chi connectivity index (χ1) is 11.8. The molecule has 0 aliphatic rings. The molecule has 0 aromatic heterocycles. The second-order valence-corrected chi connectivity index (χ2v) is 6.04. The molecule has 1 N–H and O–H groups in total. The van der Waals surface area contributed by atoms with E-state index in [2.05, 4.69) is 13.8 Å². The molecule has 0 radical (unpaired) electrons. The summed E-state index contributed by atoms with van der Waals surface area (Å²) in [7, 11) is 3.09. The lowest BCUT2D eigenvalue weighted by atomic mass is 9.98. The molecule has 25 heavy (non-hydrogen) atoms. The Balaban J connectivity index is 2.23. The second kappa shape index (κ2) is 7.59. The minimum atomic E-state index is -1.54. The molecule has 6 heteroatoms. The van der Waals surface area contributed by atoms with Crippen molar-refractivity contribution >= 4 is 17.3 Å². The van der Waals surface area contributed by atoms with Crippen LogP contribution in [0.25, 0.3) is 0 Å². The van der Waals surface area contributed by atoms with Gasteiger partial charge in [0.05, 0.1) is 5.69 Å². The van der Waals surface area contributed by atoms with Gasteiger partial charge in [0, 0.05) is 19.8 Å². The number of hydrogen-bond donors (Lipinski definition) is 1. The number of hydrogen-bond acceptors (Lipinski definition) is 1. The van der Waals surface area contributed by atoms with Crippen molar-refractivity contribution < 1.29 is 13.2 Å². The maximum Gasteiger partial charge on any atom is 0.202 e. The largest absolute Gasteiger partial charge is 0.316 e. The van der Waals surface area contributed by atoms with Crippen LogP contribution in [0.2, 0.25) is 0 Å². The summed E-state index contributed by atoms with van der Waals surface area (Å²) in [6, 6.07) is 9.70. The van der Waals surface area contributed by atoms with Gasteiger partial charge < -0.3 is 9.80 Å². The highest BCUT2D eigenvalue weighted by molar-refractivity contribution is 6.04. The molecule has 3 nitrogen and oxygen atoms in total. The number of halogens is 3. The first-order valence-electron chi connectivity index (χ1n) is 8.07. The van der Waals surface area contributed by atoms with E-state index < -0.39 is 17.5 Å². The predicted molar refractivity (Wildman–Crippen MR) is 96.0 cm³/mol. The van der Waals surface area contributed by atoms with Crippen LogP contribution in [-0.4, -0.2) is 20.1 Å². The third-order valence-electron chi connectivity index (χ3n) is 4.47. The van der Waals surface area contributed by atoms with Crippen molar-refractivity contribution in [3.63, 3.8) is 0 Å². The van der Waals surface area contributed by atoms with Crippen molar-refractivity contribution in [1.82, 2.24) is 0 Å². The van der Waals surface area contributed by atoms with Crippen LogP contribution in [0.3, 0.4) is 0 Å². The van der Waals surface area contributed by atoms with Gasteiger partial charge >= 0.3 is 0 Å². The highest BCUT2D eigenvalue weighted by atomic mass is 19.2. The Labute approximate surface area is 146 Å². The van der Waals surface area contributed by atoms with Gasteiger partial charge in [0.25, 0.3) is 0 Å². The topological polar surface area (TPSA) is 30.3 Å². The smallest absolute Gasteiger partial charge is 0.202 e. The van der Waals surface area contributed by atoms with Crippen LogP contribution in [0.5, 0.6) is 0 Å². The summed E-state index contributed by atoms with van der Waals surface area (Å²) < 4.78 is 40.5. The van der Waals surface area contributed by atoms with Gasteiger partial charge in [-0.15, -0.1) is 0 Å². The molecular formula is C19H22F3N3. The lowest BCUT2D eigenvalue weighted by molar-refractivity contribution is 0.448. The highest BCUT2D eigenvalue weighted by Crippen LogP contribution is 2.25. The molecular weight excluding hydrogens is 327 g/mol. The zero-order valence-corrected chi connectivity index (χ0v) is 14.8. The molecule has 134 valence electrons. The normalized spacial score (nSPS) is 12.0. The fourth-order valence-corrected chi connectivity index (χ4v) is 2.50. The minimum absolute atomic E-state index is 0.0683. The van der Waals surface area contributed by atoms with Gasteiger partial charge in [0.1, 0.15) is 0 Å². The van der Waals surface area contributed by atoms with Crippen molar-refractivity contribution in [2.75, 3.05) is 23.9 Å². The van der Waals surface area contributed by atoms with E-state index in [0.717, 1.165) is 24.2 Å². The maximum atomic E-state index is 13.9. The Hall–Kier alpha value is -2.50. The van der Waals surface area contributed by atoms with Gasteiger partial charge in [-0.1, -0.05) is 26.0 Å². The summed E-state index contributed by atoms with van der Waals surface area (Å²) in [5, 5.41) is 8.24. The summed E-state index contributed by atoms with van der Waals surface area (Å²) in [6.07, 6.45) is 1.03. The Morgan fingerprint density at radius 1 is 0.960 bits per heavy atom. The molecule has 0 bridgehead atoms. The van der Waals surface area contributed by atoms with Crippen molar-refractivity contribution in [3.8, 4) is 0 Å². The van der Waals surface area contributed by atoms with E-state index in [0.29, 0.717) is 5.92 Å². The van der Waals surface area contributed by atoms with Crippen molar-refractivity contribution in [2.24, 2.45) is 0 Å². The van der Waals surface area contributed by atoms with E-state index in [1.807, 2.05) is 24.3 Å². The molecule has 1 unspecified atom stereocenters. The third-order valence-corrected chi connectivity index (χ3v) is 4.47. The SMILES string of the molecule is CCC(C)c1ccc(N(C)C(=N)N(C)c2ccc(F)c(F)c2F)cc1. The van der Waals surface area contributed by atoms with E-state index >= 15 is 0 Å². The molecule has 0 amide bonds. The van der Waals surface area contributed by atoms with Crippen LogP contribution in [0.1, 0.15) is 31.7 Å². The van der Waals surface area contributed by atoms with E-state index in [1.165, 1.54) is 17.5 Å². The second-order valence-electron chi connectivity index (χ2n) is 6.04. The molecule has 2 rings (SSSR count). The van der Waals surface area contributed by atoms with Gasteiger partial charge in [-0.25, -0.2) is 13.2 Å². The van der Waals surface area contributed by atoms with E-state index in [-0.39, 0.29) is 11.6 Å². The van der Waals surface area contributed by atoms with Gasteiger partial charge in [0.15, 0.2) is 17.5 Å². The molecule has 0 saturated carbocycles. The molecule has 0 fully saturated rings. The summed E-state index contributed by atoms with van der Waals surface area (Å²) >= 11 is 0. The van der Waals surface area contributed by atoms with Crippen LogP contribution in [0.15, 0.2) is 36.4 Å². The predicted octanol–water partition coefficient (Wildman–Crippen LogP) is 5.12. The van der Waals surface area contributed by atoms with Crippen LogP contribution in [0.4, 0.5) is 24.5 Å². The van der Waals surface area contributed by atoms with Gasteiger partial charge in [-0.3, -0.25) is 5.41 Å². The Kier molecular flexibility index (Phi) is 5.72. The summed E-state index contributed by atoms with van der Waals surface area (Å²) in [4.78, 5) is 2.71. The monoisotopic (exact) mass is 349 g/mol. The Morgan fingerprint density at radius 2 is 1.56 bits per heavy atom. The molecule has 2 aromatic rings. The standard InChI is InChI=1S/C19H22F3N3/c1-5-12(2)13-6-8-14(9-7-13)24(3)19(23)25(4)16-11-10-15(20)17(21)18(16)22/h6-12,23H,5H2,1-4H3. The van der Waals surface area contributed by atoms with Crippen molar-refractivity contribution in [3.05, 3.63) is 59.4 Å². The number of benzene rings is 2. The summed E-state index contributed by atoms with van der Waals surface area (Å²) in [6.45, 7) is 4.26. The highest BCUT2D eigenvalue weighted by Gasteiger charge is 2.21. The van der Waals surface area contributed by atoms with Crippen LogP contribution in [-0.2, 0) is 0 Å². The quantitative estimate of drug-likeness (QED) is 0.471. The van der Waals surface area contributed by atoms with Crippen LogP contribution in [0, 0.1) is 22.9 Å². The molecule has 1 atom stereocenters. The van der Waals surface area contributed by atoms with Gasteiger partial charge in [0.2, 0.25) is 5.96 Å². The average molecular weight is 349 g/mol. The molecule has 0 spiro atoms. The zero-order valence-electron chi connectivity index (χ0n) is 14.8. The first kappa shape index (κ1) is 18.8. The van der Waals surface area contributed by atoms with Crippen molar-refractivity contribution in [1.29, 1.82) is 5.41 Å². The van der Waals surface area contributed by atoms with Gasteiger partial charge in [-0.05, 0) is 42.2 Å². The molecule has 0 aliphatic heterocycles. The maximum absolute atomic E-state index is 13.9. The number of rotatable bonds is 4. The number of guanidine groups is 1. The van der Waals surface area contributed by atoms with E-state index in [9.17, 15) is 13.2 Å². The first-order valence-corrected chi connectivity index (χ1v) is 8.07. The van der Waals surface area contributed by atoms with Gasteiger partial charge in [-0.2, -0.15) is 0 Å². The number of anilines is 2. The molecule has 0 aliphatic carbocycles. The summed E-state index contributed by atoms with van der Waals surface area (Å²) in [5.41, 5.74) is 1.74. The van der Waals surface area contributed by atoms with E-state index in [1.54, 1.807) is 11.9 Å². The Bertz CT molecular complexity index is 759. The lowest BCUT2D eigenvalue weighted by Crippen LogP contribution is -2.40. The van der Waals surface area contributed by atoms with E-state index in [4.69, 9.17) is 5.41 Å². The zero-order chi connectivity index (χ0) is 18.7. The van der Waals surface area contributed by atoms with Crippen LogP contribution < -0.4 is 9.80 Å². The Morgan fingerprint density at radius 3 is 2.12 bits per heavy atom. The van der Waals surface area contributed by atoms with Crippen LogP contribution >= 0.6 is 0 Å². The average Bonchev–Trinajstić information content (AvgIpc) is 2.64. The minimum Gasteiger partial charge on any atom is -0.316 e. The fourth-order valence-electron chi connectivity index (χ4n) is 2.50. The molecule has 2 aromatic carbocycles. The molecule has 0 saturated heterocycles.